The van der Waals surface area contributed by atoms with Crippen LogP contribution in [0.2, 0.25) is 0 Å². The molecule has 138 valence electrons. The highest BCUT2D eigenvalue weighted by molar-refractivity contribution is 6.52. The van der Waals surface area contributed by atoms with Crippen LogP contribution in [-0.4, -0.2) is 40.8 Å². The maximum atomic E-state index is 11.9. The average Bonchev–Trinajstić information content (AvgIpc) is 2.56. The third-order valence-corrected chi connectivity index (χ3v) is 4.44. The van der Waals surface area contributed by atoms with Crippen molar-refractivity contribution in [3.63, 3.8) is 0 Å². The number of carbonyl (C=O) groups is 1. The van der Waals surface area contributed by atoms with Gasteiger partial charge in [-0.25, -0.2) is 0 Å². The number of phenolic OH excluding ortho intramolecular Hbond substituents is 3. The molecule has 0 saturated carbocycles. The molecule has 0 unspecified atom stereocenters. The van der Waals surface area contributed by atoms with Crippen molar-refractivity contribution in [2.45, 2.75) is 27.4 Å². The fourth-order valence-corrected chi connectivity index (χ4v) is 2.83. The minimum Gasteiger partial charge on any atom is -0.504 e. The molecular weight excluding hydrogens is 362 g/mol. The zero-order valence-corrected chi connectivity index (χ0v) is 15.2. The Morgan fingerprint density at radius 2 is 1.77 bits per heavy atom. The number of aromatic hydroxyl groups is 3. The van der Waals surface area contributed by atoms with Crippen molar-refractivity contribution in [2.24, 2.45) is 5.41 Å². The molecule has 2 rings (SSSR count). The highest BCUT2D eigenvalue weighted by Crippen LogP contribution is 2.41. The Balaban J connectivity index is 2.66. The van der Waals surface area contributed by atoms with Crippen molar-refractivity contribution >= 4 is 37.4 Å². The second-order valence-corrected chi connectivity index (χ2v) is 7.37. The van der Waals surface area contributed by atoms with Crippen LogP contribution in [0.15, 0.2) is 12.1 Å². The Morgan fingerprint density at radius 1 is 1.15 bits per heavy atom. The van der Waals surface area contributed by atoms with E-state index in [4.69, 9.17) is 4.74 Å². The molecule has 0 aliphatic heterocycles. The van der Waals surface area contributed by atoms with Gasteiger partial charge in [-0.15, -0.1) is 0 Å². The molecule has 0 heterocycles. The molecule has 10 heteroatoms. The molecule has 0 aromatic heterocycles. The van der Waals surface area contributed by atoms with Crippen molar-refractivity contribution in [3.8, 4) is 17.2 Å². The monoisotopic (exact) mass is 379 g/mol. The standard InChI is InChI=1S/C16H17NO8Si/c1-16(2,3)15(21)25-6-7-4-8-9(5-10(7)17(22)23)14(26-24)13(20)12(19)11(8)18/h4-5,18-20,24H,6H2,1-3H3. The number of rotatable bonds is 4. The Bertz CT molecular complexity index is 904. The first-order chi connectivity index (χ1) is 12.0. The van der Waals surface area contributed by atoms with Crippen molar-refractivity contribution in [1.29, 1.82) is 0 Å². The molecule has 0 aliphatic carbocycles. The Hall–Kier alpha value is -2.85. The maximum absolute atomic E-state index is 11.9. The van der Waals surface area contributed by atoms with Crippen molar-refractivity contribution in [3.05, 3.63) is 27.8 Å². The van der Waals surface area contributed by atoms with E-state index in [1.54, 1.807) is 20.8 Å². The van der Waals surface area contributed by atoms with E-state index in [1.165, 1.54) is 6.07 Å². The second kappa shape index (κ2) is 6.81. The van der Waals surface area contributed by atoms with Gasteiger partial charge in [-0.1, -0.05) is 0 Å². The van der Waals surface area contributed by atoms with E-state index in [1.807, 2.05) is 0 Å². The number of nitro groups is 1. The lowest BCUT2D eigenvalue weighted by Crippen LogP contribution is -2.23. The van der Waals surface area contributed by atoms with Gasteiger partial charge in [0, 0.05) is 16.6 Å². The first-order valence-corrected chi connectivity index (χ1v) is 8.39. The molecule has 0 amide bonds. The van der Waals surface area contributed by atoms with E-state index < -0.39 is 55.6 Å². The number of benzene rings is 2. The molecule has 0 aliphatic rings. The highest BCUT2D eigenvalue weighted by Gasteiger charge is 2.27. The molecule has 0 saturated heterocycles. The fraction of sp³-hybridized carbons (Fsp3) is 0.312. The van der Waals surface area contributed by atoms with E-state index in [9.17, 15) is 35.0 Å². The molecule has 0 fully saturated rings. The van der Waals surface area contributed by atoms with Gasteiger partial charge in [0.15, 0.2) is 11.5 Å². The van der Waals surface area contributed by atoms with Crippen LogP contribution >= 0.6 is 0 Å². The van der Waals surface area contributed by atoms with E-state index in [0.29, 0.717) is 0 Å². The zero-order chi connectivity index (χ0) is 19.8. The maximum Gasteiger partial charge on any atom is 0.311 e. The first kappa shape index (κ1) is 19.5. The Kier molecular flexibility index (Phi) is 5.10. The molecule has 4 N–H and O–H groups in total. The van der Waals surface area contributed by atoms with Gasteiger partial charge in [-0.3, -0.25) is 14.9 Å². The average molecular weight is 379 g/mol. The quantitative estimate of drug-likeness (QED) is 0.203. The number of hydrogen-bond acceptors (Lipinski definition) is 8. The number of phenols is 3. The first-order valence-electron chi connectivity index (χ1n) is 7.44. The zero-order valence-electron chi connectivity index (χ0n) is 14.2. The largest absolute Gasteiger partial charge is 0.504 e. The van der Waals surface area contributed by atoms with Gasteiger partial charge < -0.3 is 24.9 Å². The van der Waals surface area contributed by atoms with Crippen LogP contribution in [0.1, 0.15) is 26.3 Å². The van der Waals surface area contributed by atoms with Crippen LogP contribution in [-0.2, 0) is 16.1 Å². The summed E-state index contributed by atoms with van der Waals surface area (Å²) in [4.78, 5) is 32.0. The molecule has 9 nitrogen and oxygen atoms in total. The lowest BCUT2D eigenvalue weighted by Gasteiger charge is -2.17. The third-order valence-electron chi connectivity index (χ3n) is 3.71. The summed E-state index contributed by atoms with van der Waals surface area (Å²) in [6.07, 6.45) is 0. The minimum absolute atomic E-state index is 0.00675. The van der Waals surface area contributed by atoms with Crippen LogP contribution in [0, 0.1) is 15.5 Å². The van der Waals surface area contributed by atoms with Gasteiger partial charge in [0.1, 0.15) is 6.61 Å². The van der Waals surface area contributed by atoms with Crippen molar-refractivity contribution < 1.29 is 34.6 Å². The number of carbonyl (C=O) groups excluding carboxylic acids is 1. The summed E-state index contributed by atoms with van der Waals surface area (Å²) in [6.45, 7) is 4.47. The number of ether oxygens (including phenoxy) is 1. The minimum atomic E-state index is -0.978. The number of esters is 1. The van der Waals surface area contributed by atoms with Crippen LogP contribution in [0.5, 0.6) is 17.2 Å². The van der Waals surface area contributed by atoms with Gasteiger partial charge in [-0.05, 0) is 32.2 Å². The summed E-state index contributed by atoms with van der Waals surface area (Å²) >= 11 is 0. The van der Waals surface area contributed by atoms with Crippen LogP contribution in [0.4, 0.5) is 5.69 Å². The second-order valence-electron chi connectivity index (χ2n) is 6.64. The predicted octanol–water partition coefficient (Wildman–Crippen LogP) is 1.19. The number of nitro benzene ring substituents is 1. The number of fused-ring (bicyclic) bond motifs is 1. The van der Waals surface area contributed by atoms with E-state index in [2.05, 4.69) is 0 Å². The lowest BCUT2D eigenvalue weighted by atomic mass is 9.97. The topological polar surface area (TPSA) is 150 Å². The van der Waals surface area contributed by atoms with E-state index >= 15 is 0 Å². The lowest BCUT2D eigenvalue weighted by molar-refractivity contribution is -0.385. The normalized spacial score (nSPS) is 11.5. The molecular formula is C16H17NO8Si. The van der Waals surface area contributed by atoms with Gasteiger partial charge >= 0.3 is 5.97 Å². The van der Waals surface area contributed by atoms with Crippen molar-refractivity contribution in [1.82, 2.24) is 0 Å². The highest BCUT2D eigenvalue weighted by atomic mass is 28.2. The number of hydrogen-bond donors (Lipinski definition) is 4. The molecule has 2 aromatic carbocycles. The summed E-state index contributed by atoms with van der Waals surface area (Å²) in [5.74, 6) is -2.86. The molecule has 0 bridgehead atoms. The summed E-state index contributed by atoms with van der Waals surface area (Å²) in [6, 6.07) is 2.23. The van der Waals surface area contributed by atoms with E-state index in [-0.39, 0.29) is 21.5 Å². The summed E-state index contributed by atoms with van der Waals surface area (Å²) < 4.78 is 5.10. The SMILES string of the molecule is CC(C)(C)C(=O)OCc1cc2c(O)c(O)c(O)c([Si]O)c2cc1[N+](=O)[O-]. The summed E-state index contributed by atoms with van der Waals surface area (Å²) in [5.41, 5.74) is -1.22. The van der Waals surface area contributed by atoms with Gasteiger partial charge in [0.25, 0.3) is 15.5 Å². The van der Waals surface area contributed by atoms with Crippen LogP contribution in [0.25, 0.3) is 10.8 Å². The molecule has 2 radical (unpaired) electrons. The van der Waals surface area contributed by atoms with Crippen LogP contribution < -0.4 is 5.19 Å². The molecule has 26 heavy (non-hydrogen) atoms. The Morgan fingerprint density at radius 3 is 2.27 bits per heavy atom. The Labute approximate surface area is 150 Å². The smallest absolute Gasteiger partial charge is 0.311 e. The summed E-state index contributed by atoms with van der Waals surface area (Å²) in [7, 11) is -0.978. The molecule has 0 spiro atoms. The molecule has 0 atom stereocenters. The fourth-order valence-electron chi connectivity index (χ4n) is 2.28. The van der Waals surface area contributed by atoms with Crippen LogP contribution in [0.3, 0.4) is 0 Å². The van der Waals surface area contributed by atoms with E-state index in [0.717, 1.165) is 6.07 Å². The van der Waals surface area contributed by atoms with Gasteiger partial charge in [0.2, 0.25) is 5.75 Å². The van der Waals surface area contributed by atoms with Crippen molar-refractivity contribution in [2.75, 3.05) is 0 Å². The predicted molar refractivity (Wildman–Crippen MR) is 92.5 cm³/mol. The molecule has 2 aromatic rings. The third kappa shape index (κ3) is 3.41. The summed E-state index contributed by atoms with van der Waals surface area (Å²) in [5, 5.41) is 40.9. The van der Waals surface area contributed by atoms with Gasteiger partial charge in [-0.2, -0.15) is 0 Å². The van der Waals surface area contributed by atoms with Gasteiger partial charge in [0.05, 0.1) is 15.9 Å². The number of nitrogens with zero attached hydrogens (tertiary/aromatic N) is 1.